The van der Waals surface area contributed by atoms with Crippen LogP contribution in [0.2, 0.25) is 0 Å². The number of nitrogens with one attached hydrogen (secondary N) is 1. The number of hydrogen-bond donors (Lipinski definition) is 2. The fourth-order valence-corrected chi connectivity index (χ4v) is 2.09. The van der Waals surface area contributed by atoms with Gasteiger partial charge in [-0.25, -0.2) is 0 Å². The summed E-state index contributed by atoms with van der Waals surface area (Å²) >= 11 is 0. The van der Waals surface area contributed by atoms with Gasteiger partial charge in [-0.2, -0.15) is 0 Å². The predicted octanol–water partition coefficient (Wildman–Crippen LogP) is 2.27. The van der Waals surface area contributed by atoms with Gasteiger partial charge in [0.1, 0.15) is 0 Å². The Morgan fingerprint density at radius 3 is 2.27 bits per heavy atom. The molecule has 1 fully saturated rings. The fraction of sp³-hybridized carbons (Fsp3) is 0.917. The summed E-state index contributed by atoms with van der Waals surface area (Å²) in [7, 11) is 0. The van der Waals surface area contributed by atoms with Gasteiger partial charge in [-0.05, 0) is 44.2 Å². The Bertz CT molecular complexity index is 224. The van der Waals surface area contributed by atoms with Crippen molar-refractivity contribution in [1.82, 2.24) is 5.32 Å². The van der Waals surface area contributed by atoms with E-state index in [0.717, 1.165) is 38.8 Å². The Morgan fingerprint density at radius 1 is 1.33 bits per heavy atom. The monoisotopic (exact) mass is 213 g/mol. The predicted molar refractivity (Wildman–Crippen MR) is 60.9 cm³/mol. The maximum Gasteiger partial charge on any atom is 0.309 e. The van der Waals surface area contributed by atoms with E-state index in [2.05, 4.69) is 26.1 Å². The van der Waals surface area contributed by atoms with E-state index >= 15 is 0 Å². The molecule has 0 radical (unpaired) electrons. The molecule has 1 aliphatic rings. The molecular formula is C12H23NO2. The average Bonchev–Trinajstić information content (AvgIpc) is 2.15. The summed E-state index contributed by atoms with van der Waals surface area (Å²) < 4.78 is 0. The van der Waals surface area contributed by atoms with Crippen molar-refractivity contribution in [1.29, 1.82) is 0 Å². The van der Waals surface area contributed by atoms with E-state index in [1.165, 1.54) is 0 Å². The highest BCUT2D eigenvalue weighted by Crippen LogP contribution is 2.37. The highest BCUT2D eigenvalue weighted by molar-refractivity contribution is 5.74. The Labute approximate surface area is 92.3 Å². The van der Waals surface area contributed by atoms with E-state index in [1.54, 1.807) is 0 Å². The highest BCUT2D eigenvalue weighted by Gasteiger charge is 2.39. The molecular weight excluding hydrogens is 190 g/mol. The first-order valence-corrected chi connectivity index (χ1v) is 5.80. The van der Waals surface area contributed by atoms with E-state index in [4.69, 9.17) is 0 Å². The van der Waals surface area contributed by atoms with Gasteiger partial charge < -0.3 is 10.4 Å². The number of rotatable bonds is 3. The lowest BCUT2D eigenvalue weighted by atomic mass is 9.72. The lowest BCUT2D eigenvalue weighted by molar-refractivity contribution is -0.151. The zero-order chi connectivity index (χ0) is 11.5. The Hall–Kier alpha value is -0.570. The van der Waals surface area contributed by atoms with Gasteiger partial charge in [0.15, 0.2) is 0 Å². The van der Waals surface area contributed by atoms with Gasteiger partial charge in [0.2, 0.25) is 0 Å². The Morgan fingerprint density at radius 2 is 1.87 bits per heavy atom. The number of hydrogen-bond acceptors (Lipinski definition) is 2. The number of carboxylic acids is 1. The SMILES string of the molecule is CC(C)(C)CCC1(C(=O)O)CCNCC1. The van der Waals surface area contributed by atoms with Crippen LogP contribution < -0.4 is 5.32 Å². The van der Waals surface area contributed by atoms with Crippen LogP contribution in [0.3, 0.4) is 0 Å². The van der Waals surface area contributed by atoms with E-state index in [9.17, 15) is 9.90 Å². The Kier molecular flexibility index (Phi) is 3.77. The molecule has 0 saturated carbocycles. The van der Waals surface area contributed by atoms with E-state index < -0.39 is 11.4 Å². The van der Waals surface area contributed by atoms with Crippen LogP contribution in [-0.4, -0.2) is 24.2 Å². The molecule has 1 heterocycles. The minimum Gasteiger partial charge on any atom is -0.481 e. The van der Waals surface area contributed by atoms with Crippen LogP contribution in [0.15, 0.2) is 0 Å². The normalized spacial score (nSPS) is 21.3. The van der Waals surface area contributed by atoms with E-state index in [0.29, 0.717) is 0 Å². The molecule has 0 atom stereocenters. The third-order valence-electron chi connectivity index (χ3n) is 3.37. The molecule has 0 aliphatic carbocycles. The van der Waals surface area contributed by atoms with Gasteiger partial charge in [-0.1, -0.05) is 20.8 Å². The molecule has 1 saturated heterocycles. The van der Waals surface area contributed by atoms with Crippen molar-refractivity contribution in [3.63, 3.8) is 0 Å². The van der Waals surface area contributed by atoms with Crippen LogP contribution in [0, 0.1) is 10.8 Å². The quantitative estimate of drug-likeness (QED) is 0.756. The molecule has 15 heavy (non-hydrogen) atoms. The van der Waals surface area contributed by atoms with Crippen molar-refractivity contribution in [3.8, 4) is 0 Å². The summed E-state index contributed by atoms with van der Waals surface area (Å²) in [5, 5.41) is 12.6. The molecule has 2 N–H and O–H groups in total. The first-order valence-electron chi connectivity index (χ1n) is 5.80. The molecule has 0 unspecified atom stereocenters. The van der Waals surface area contributed by atoms with Crippen molar-refractivity contribution in [2.75, 3.05) is 13.1 Å². The Balaban J connectivity index is 2.61. The summed E-state index contributed by atoms with van der Waals surface area (Å²) in [6.45, 7) is 8.20. The summed E-state index contributed by atoms with van der Waals surface area (Å²) in [6, 6.07) is 0. The van der Waals surface area contributed by atoms with Gasteiger partial charge in [0.05, 0.1) is 5.41 Å². The van der Waals surface area contributed by atoms with Crippen molar-refractivity contribution in [3.05, 3.63) is 0 Å². The molecule has 0 aromatic carbocycles. The molecule has 0 bridgehead atoms. The molecule has 88 valence electrons. The standard InChI is InChI=1S/C12H23NO2/c1-11(2,3)4-5-12(10(14)15)6-8-13-9-7-12/h13H,4-9H2,1-3H3,(H,14,15). The lowest BCUT2D eigenvalue weighted by Gasteiger charge is -2.35. The van der Waals surface area contributed by atoms with Crippen LogP contribution in [0.25, 0.3) is 0 Å². The molecule has 0 aromatic heterocycles. The van der Waals surface area contributed by atoms with Crippen LogP contribution in [0.5, 0.6) is 0 Å². The van der Waals surface area contributed by atoms with Gasteiger partial charge >= 0.3 is 5.97 Å². The molecule has 3 heteroatoms. The smallest absolute Gasteiger partial charge is 0.309 e. The maximum absolute atomic E-state index is 11.4. The maximum atomic E-state index is 11.4. The van der Waals surface area contributed by atoms with Gasteiger partial charge in [0.25, 0.3) is 0 Å². The number of carbonyl (C=O) groups is 1. The first-order chi connectivity index (χ1) is 6.86. The third-order valence-corrected chi connectivity index (χ3v) is 3.37. The van der Waals surface area contributed by atoms with Gasteiger partial charge in [0, 0.05) is 0 Å². The minimum atomic E-state index is -0.603. The van der Waals surface area contributed by atoms with Crippen molar-refractivity contribution >= 4 is 5.97 Å². The summed E-state index contributed by atoms with van der Waals surface area (Å²) in [5.74, 6) is -0.603. The second-order valence-electron chi connectivity index (χ2n) is 5.90. The summed E-state index contributed by atoms with van der Waals surface area (Å²) in [6.07, 6.45) is 3.35. The zero-order valence-electron chi connectivity index (χ0n) is 10.1. The number of aliphatic carboxylic acids is 1. The fourth-order valence-electron chi connectivity index (χ4n) is 2.09. The van der Waals surface area contributed by atoms with Crippen LogP contribution >= 0.6 is 0 Å². The van der Waals surface area contributed by atoms with Crippen LogP contribution in [0.1, 0.15) is 46.5 Å². The molecule has 0 amide bonds. The van der Waals surface area contributed by atoms with Crippen LogP contribution in [-0.2, 0) is 4.79 Å². The molecule has 0 spiro atoms. The van der Waals surface area contributed by atoms with Crippen molar-refractivity contribution < 1.29 is 9.90 Å². The summed E-state index contributed by atoms with van der Waals surface area (Å²) in [4.78, 5) is 11.4. The zero-order valence-corrected chi connectivity index (χ0v) is 10.1. The number of piperidine rings is 1. The first kappa shape index (κ1) is 12.5. The van der Waals surface area contributed by atoms with Crippen molar-refractivity contribution in [2.45, 2.75) is 46.5 Å². The highest BCUT2D eigenvalue weighted by atomic mass is 16.4. The molecule has 0 aromatic rings. The van der Waals surface area contributed by atoms with Gasteiger partial charge in [-0.3, -0.25) is 4.79 Å². The second-order valence-corrected chi connectivity index (χ2v) is 5.90. The number of carboxylic acid groups (broad SMARTS) is 1. The topological polar surface area (TPSA) is 49.3 Å². The van der Waals surface area contributed by atoms with Crippen molar-refractivity contribution in [2.24, 2.45) is 10.8 Å². The minimum absolute atomic E-state index is 0.229. The molecule has 1 aliphatic heterocycles. The van der Waals surface area contributed by atoms with Gasteiger partial charge in [-0.15, -0.1) is 0 Å². The molecule has 1 rings (SSSR count). The summed E-state index contributed by atoms with van der Waals surface area (Å²) in [5.41, 5.74) is -0.230. The second kappa shape index (κ2) is 4.52. The lowest BCUT2D eigenvalue weighted by Crippen LogP contribution is -2.42. The van der Waals surface area contributed by atoms with Crippen LogP contribution in [0.4, 0.5) is 0 Å². The molecule has 3 nitrogen and oxygen atoms in total. The van der Waals surface area contributed by atoms with E-state index in [1.807, 2.05) is 0 Å². The van der Waals surface area contributed by atoms with E-state index in [-0.39, 0.29) is 5.41 Å². The average molecular weight is 213 g/mol. The largest absolute Gasteiger partial charge is 0.481 e. The third kappa shape index (κ3) is 3.49.